The molecular weight excluding hydrogens is 354 g/mol. The Labute approximate surface area is 153 Å². The highest BCUT2D eigenvalue weighted by molar-refractivity contribution is 7.21. The third-order valence-corrected chi connectivity index (χ3v) is 5.79. The van der Waals surface area contributed by atoms with Gasteiger partial charge in [-0.05, 0) is 54.3 Å². The lowest BCUT2D eigenvalue weighted by atomic mass is 9.97. The number of thiophene rings is 1. The Balaban J connectivity index is 1.72. The molecule has 1 N–H and O–H groups in total. The molecule has 1 aromatic heterocycles. The zero-order valence-corrected chi connectivity index (χ0v) is 15.0. The zero-order chi connectivity index (χ0) is 17.0. The van der Waals surface area contributed by atoms with Crippen molar-refractivity contribution in [3.63, 3.8) is 0 Å². The zero-order valence-electron chi connectivity index (χ0n) is 13.5. The summed E-state index contributed by atoms with van der Waals surface area (Å²) in [7, 11) is 0. The van der Waals surface area contributed by atoms with E-state index in [2.05, 4.69) is 33.7 Å². The smallest absolute Gasteiger partial charge is 0.159 e. The number of hydrogen-bond donors (Lipinski definition) is 1. The number of ether oxygens (including phenoxy) is 1. The van der Waals surface area contributed by atoms with E-state index in [1.54, 1.807) is 11.3 Å². The molecule has 4 nitrogen and oxygen atoms in total. The van der Waals surface area contributed by atoms with Crippen LogP contribution in [0.2, 0.25) is 5.02 Å². The maximum Gasteiger partial charge on any atom is 0.159 e. The van der Waals surface area contributed by atoms with E-state index in [1.165, 1.54) is 10.3 Å². The van der Waals surface area contributed by atoms with E-state index < -0.39 is 0 Å². The van der Waals surface area contributed by atoms with E-state index in [-0.39, 0.29) is 0 Å². The van der Waals surface area contributed by atoms with Crippen molar-refractivity contribution in [2.45, 2.75) is 13.3 Å². The molecule has 0 aliphatic carbocycles. The molecule has 0 atom stereocenters. The van der Waals surface area contributed by atoms with Gasteiger partial charge in [-0.1, -0.05) is 11.6 Å². The second kappa shape index (κ2) is 5.58. The fourth-order valence-corrected chi connectivity index (χ4v) is 4.48. The van der Waals surface area contributed by atoms with Crippen molar-refractivity contribution < 1.29 is 4.74 Å². The fourth-order valence-electron chi connectivity index (χ4n) is 3.25. The van der Waals surface area contributed by atoms with Gasteiger partial charge in [0.05, 0.1) is 10.6 Å². The van der Waals surface area contributed by atoms with Crippen LogP contribution in [0.3, 0.4) is 0 Å². The number of halogens is 1. The first-order chi connectivity index (χ1) is 12.2. The Morgan fingerprint density at radius 3 is 3.00 bits per heavy atom. The van der Waals surface area contributed by atoms with Crippen LogP contribution in [0.15, 0.2) is 46.6 Å². The van der Waals surface area contributed by atoms with Crippen LogP contribution in [0.4, 0.5) is 5.69 Å². The number of anilines is 1. The summed E-state index contributed by atoms with van der Waals surface area (Å²) >= 11 is 7.84. The molecule has 3 heterocycles. The van der Waals surface area contributed by atoms with Crippen molar-refractivity contribution in [2.24, 2.45) is 10.2 Å². The van der Waals surface area contributed by atoms with E-state index in [9.17, 15) is 0 Å². The molecule has 2 aliphatic heterocycles. The van der Waals surface area contributed by atoms with Gasteiger partial charge in [-0.25, -0.2) is 0 Å². The number of benzene rings is 2. The molecule has 0 saturated carbocycles. The minimum Gasteiger partial charge on any atom is -0.471 e. The van der Waals surface area contributed by atoms with Crippen molar-refractivity contribution in [3.05, 3.63) is 57.4 Å². The number of fused-ring (bicyclic) bond motifs is 3. The van der Waals surface area contributed by atoms with Gasteiger partial charge in [-0.2, -0.15) is 5.10 Å². The summed E-state index contributed by atoms with van der Waals surface area (Å²) in [5, 5.41) is 14.1. The molecule has 124 valence electrons. The van der Waals surface area contributed by atoms with Gasteiger partial charge in [-0.15, -0.1) is 16.4 Å². The number of hydrogen-bond acceptors (Lipinski definition) is 5. The van der Waals surface area contributed by atoms with Gasteiger partial charge < -0.3 is 10.1 Å². The van der Waals surface area contributed by atoms with E-state index in [0.29, 0.717) is 6.73 Å². The highest BCUT2D eigenvalue weighted by Crippen LogP contribution is 2.36. The third kappa shape index (κ3) is 2.51. The molecule has 25 heavy (non-hydrogen) atoms. The lowest BCUT2D eigenvalue weighted by Crippen LogP contribution is -2.05. The van der Waals surface area contributed by atoms with Gasteiger partial charge in [0.25, 0.3) is 0 Å². The predicted molar refractivity (Wildman–Crippen MR) is 105 cm³/mol. The topological polar surface area (TPSA) is 46.0 Å². The highest BCUT2D eigenvalue weighted by Gasteiger charge is 2.22. The summed E-state index contributed by atoms with van der Waals surface area (Å²) in [5.41, 5.74) is 5.23. The second-order valence-electron chi connectivity index (χ2n) is 6.22. The van der Waals surface area contributed by atoms with Crippen LogP contribution in [0.1, 0.15) is 22.9 Å². The molecule has 0 bridgehead atoms. The molecule has 0 amide bonds. The molecular formula is C19H14ClN3OS. The van der Waals surface area contributed by atoms with Crippen molar-refractivity contribution >= 4 is 50.1 Å². The van der Waals surface area contributed by atoms with Crippen LogP contribution in [0.25, 0.3) is 10.1 Å². The standard InChI is InChI=1S/C19H14ClN3OS/c1-10-4-11-6-15-16(24-9-21-15)8-14(11)19(23-22-10)18-7-12-5-13(20)2-3-17(12)25-18/h2-3,5-8,21H,4,9H2,1H3. The van der Waals surface area contributed by atoms with E-state index >= 15 is 0 Å². The fraction of sp³-hybridized carbons (Fsp3) is 0.158. The van der Waals surface area contributed by atoms with Crippen LogP contribution >= 0.6 is 22.9 Å². The number of rotatable bonds is 1. The molecule has 0 radical (unpaired) electrons. The summed E-state index contributed by atoms with van der Waals surface area (Å²) in [6.07, 6.45) is 0.786. The molecule has 0 spiro atoms. The average Bonchev–Trinajstić information content (AvgIpc) is 3.16. The van der Waals surface area contributed by atoms with Crippen molar-refractivity contribution in [1.29, 1.82) is 0 Å². The summed E-state index contributed by atoms with van der Waals surface area (Å²) in [5.74, 6) is 0.871. The van der Waals surface area contributed by atoms with Gasteiger partial charge in [0.15, 0.2) is 6.73 Å². The quantitative estimate of drug-likeness (QED) is 0.651. The Kier molecular flexibility index (Phi) is 3.33. The Hall–Kier alpha value is -2.37. The second-order valence-corrected chi connectivity index (χ2v) is 7.74. The van der Waals surface area contributed by atoms with E-state index in [4.69, 9.17) is 16.3 Å². The first kappa shape index (κ1) is 14.9. The molecule has 6 heteroatoms. The highest BCUT2D eigenvalue weighted by atomic mass is 35.5. The van der Waals surface area contributed by atoms with Crippen LogP contribution < -0.4 is 10.1 Å². The average molecular weight is 368 g/mol. The molecule has 0 saturated heterocycles. The summed E-state index contributed by atoms with van der Waals surface area (Å²) < 4.78 is 6.86. The Bertz CT molecular complexity index is 1080. The van der Waals surface area contributed by atoms with Crippen LogP contribution in [-0.4, -0.2) is 18.2 Å². The minimum atomic E-state index is 0.513. The van der Waals surface area contributed by atoms with Crippen LogP contribution in [0.5, 0.6) is 5.75 Å². The van der Waals surface area contributed by atoms with Gasteiger partial charge >= 0.3 is 0 Å². The van der Waals surface area contributed by atoms with E-state index in [1.807, 2.05) is 25.1 Å². The first-order valence-corrected chi connectivity index (χ1v) is 9.21. The number of nitrogens with one attached hydrogen (secondary N) is 1. The van der Waals surface area contributed by atoms with Gasteiger partial charge in [0.2, 0.25) is 0 Å². The van der Waals surface area contributed by atoms with Crippen molar-refractivity contribution in [1.82, 2.24) is 0 Å². The Morgan fingerprint density at radius 1 is 1.16 bits per heavy atom. The molecule has 2 aromatic carbocycles. The summed E-state index contributed by atoms with van der Waals surface area (Å²) in [6, 6.07) is 12.3. The van der Waals surface area contributed by atoms with Crippen molar-refractivity contribution in [2.75, 3.05) is 12.0 Å². The van der Waals surface area contributed by atoms with E-state index in [0.717, 1.165) is 50.1 Å². The molecule has 5 rings (SSSR count). The summed E-state index contributed by atoms with van der Waals surface area (Å²) in [4.78, 5) is 1.09. The predicted octanol–water partition coefficient (Wildman–Crippen LogP) is 5.09. The maximum atomic E-state index is 6.13. The largest absolute Gasteiger partial charge is 0.471 e. The van der Waals surface area contributed by atoms with Gasteiger partial charge in [0, 0.05) is 27.4 Å². The van der Waals surface area contributed by atoms with Gasteiger partial charge in [-0.3, -0.25) is 0 Å². The summed E-state index contributed by atoms with van der Waals surface area (Å²) in [6.45, 7) is 2.53. The minimum absolute atomic E-state index is 0.513. The molecule has 0 fully saturated rings. The lowest BCUT2D eigenvalue weighted by Gasteiger charge is -2.10. The number of nitrogens with zero attached hydrogens (tertiary/aromatic N) is 2. The molecule has 2 aliphatic rings. The van der Waals surface area contributed by atoms with Crippen LogP contribution in [0, 0.1) is 0 Å². The lowest BCUT2D eigenvalue weighted by molar-refractivity contribution is 0.372. The monoisotopic (exact) mass is 367 g/mol. The Morgan fingerprint density at radius 2 is 2.08 bits per heavy atom. The third-order valence-electron chi connectivity index (χ3n) is 4.43. The maximum absolute atomic E-state index is 6.13. The molecule has 0 unspecified atom stereocenters. The normalized spacial score (nSPS) is 15.6. The van der Waals surface area contributed by atoms with Crippen molar-refractivity contribution in [3.8, 4) is 5.75 Å². The van der Waals surface area contributed by atoms with Gasteiger partial charge in [0.1, 0.15) is 11.5 Å². The first-order valence-electron chi connectivity index (χ1n) is 8.02. The van der Waals surface area contributed by atoms with Crippen LogP contribution in [-0.2, 0) is 6.42 Å². The SMILES string of the molecule is CC1=NN=C(c2cc3cc(Cl)ccc3s2)c2cc3c(cc2C1)NCO3. The molecule has 3 aromatic rings.